The summed E-state index contributed by atoms with van der Waals surface area (Å²) < 4.78 is 0. The predicted octanol–water partition coefficient (Wildman–Crippen LogP) is 2.32. The van der Waals surface area contributed by atoms with Gasteiger partial charge in [-0.05, 0) is 44.8 Å². The Morgan fingerprint density at radius 3 is 2.48 bits per heavy atom. The molecule has 2 N–H and O–H groups in total. The number of benzene rings is 1. The molecule has 0 radical (unpaired) electrons. The second-order valence-corrected chi connectivity index (χ2v) is 4.94. The van der Waals surface area contributed by atoms with Crippen molar-refractivity contribution in [1.82, 2.24) is 15.5 Å². The van der Waals surface area contributed by atoms with E-state index >= 15 is 0 Å². The van der Waals surface area contributed by atoms with Crippen molar-refractivity contribution in [2.24, 2.45) is 0 Å². The van der Waals surface area contributed by atoms with Gasteiger partial charge in [-0.2, -0.15) is 0 Å². The number of nitrogens with zero attached hydrogens (tertiary/aromatic N) is 1. The maximum Gasteiger partial charge on any atom is 0.251 e. The number of carbonyl (C=O) groups is 1. The van der Waals surface area contributed by atoms with Gasteiger partial charge in [0.2, 0.25) is 0 Å². The number of halogens is 2. The van der Waals surface area contributed by atoms with Crippen molar-refractivity contribution in [3.63, 3.8) is 0 Å². The van der Waals surface area contributed by atoms with E-state index in [9.17, 15) is 4.79 Å². The molecule has 6 heteroatoms. The molecule has 21 heavy (non-hydrogen) atoms. The molecule has 0 saturated carbocycles. The van der Waals surface area contributed by atoms with Crippen molar-refractivity contribution in [3.8, 4) is 0 Å². The van der Waals surface area contributed by atoms with E-state index in [1.54, 1.807) is 0 Å². The van der Waals surface area contributed by atoms with Gasteiger partial charge in [0.1, 0.15) is 0 Å². The van der Waals surface area contributed by atoms with E-state index in [1.165, 1.54) is 0 Å². The number of amides is 1. The molecule has 0 aromatic heterocycles. The van der Waals surface area contributed by atoms with Crippen LogP contribution in [0.1, 0.15) is 29.3 Å². The molecule has 0 bridgehead atoms. The van der Waals surface area contributed by atoms with Crippen LogP contribution in [-0.2, 0) is 6.54 Å². The molecule has 1 rings (SSSR count). The van der Waals surface area contributed by atoms with E-state index in [-0.39, 0.29) is 30.7 Å². The van der Waals surface area contributed by atoms with Crippen LogP contribution in [0, 0.1) is 0 Å². The van der Waals surface area contributed by atoms with E-state index in [0.717, 1.165) is 37.2 Å². The Bertz CT molecular complexity index is 400. The summed E-state index contributed by atoms with van der Waals surface area (Å²) in [5, 5.41) is 6.18. The van der Waals surface area contributed by atoms with Gasteiger partial charge in [-0.3, -0.25) is 4.79 Å². The summed E-state index contributed by atoms with van der Waals surface area (Å²) in [6, 6.07) is 7.78. The maximum absolute atomic E-state index is 12.0. The zero-order valence-electron chi connectivity index (χ0n) is 13.0. The highest BCUT2D eigenvalue weighted by molar-refractivity contribution is 5.94. The number of carbonyl (C=O) groups excluding carboxylic acids is 1. The normalized spacial score (nSPS) is 9.71. The zero-order chi connectivity index (χ0) is 14.1. The highest BCUT2D eigenvalue weighted by Gasteiger charge is 2.05. The maximum atomic E-state index is 12.0. The molecule has 0 spiro atoms. The van der Waals surface area contributed by atoms with Crippen LogP contribution in [0.4, 0.5) is 0 Å². The fourth-order valence-electron chi connectivity index (χ4n) is 1.84. The van der Waals surface area contributed by atoms with Crippen molar-refractivity contribution < 1.29 is 4.79 Å². The first-order valence-electron chi connectivity index (χ1n) is 6.86. The quantitative estimate of drug-likeness (QED) is 0.716. The van der Waals surface area contributed by atoms with Crippen LogP contribution >= 0.6 is 24.8 Å². The molecular formula is C15H27Cl2N3O. The predicted molar refractivity (Wildman–Crippen MR) is 93.8 cm³/mol. The van der Waals surface area contributed by atoms with Gasteiger partial charge >= 0.3 is 0 Å². The van der Waals surface area contributed by atoms with Gasteiger partial charge in [-0.15, -0.1) is 24.8 Å². The highest BCUT2D eigenvalue weighted by Crippen LogP contribution is 2.06. The highest BCUT2D eigenvalue weighted by atomic mass is 35.5. The molecule has 0 saturated heterocycles. The Kier molecular flexibility index (Phi) is 13.8. The van der Waals surface area contributed by atoms with Crippen molar-refractivity contribution in [1.29, 1.82) is 0 Å². The van der Waals surface area contributed by atoms with Gasteiger partial charge < -0.3 is 15.5 Å². The molecule has 0 fully saturated rings. The SMILES string of the molecule is CCCNCCNC(=O)c1cccc(CN(C)C)c1.Cl.Cl. The van der Waals surface area contributed by atoms with Crippen LogP contribution in [0.5, 0.6) is 0 Å². The molecule has 0 aliphatic rings. The number of rotatable bonds is 8. The molecule has 0 heterocycles. The van der Waals surface area contributed by atoms with E-state index in [0.29, 0.717) is 6.54 Å². The van der Waals surface area contributed by atoms with Crippen LogP contribution < -0.4 is 10.6 Å². The molecule has 1 aromatic rings. The number of hydrogen-bond donors (Lipinski definition) is 2. The van der Waals surface area contributed by atoms with Gasteiger partial charge in [0, 0.05) is 25.2 Å². The molecule has 4 nitrogen and oxygen atoms in total. The third kappa shape index (κ3) is 9.69. The van der Waals surface area contributed by atoms with Crippen molar-refractivity contribution in [2.45, 2.75) is 19.9 Å². The standard InChI is InChI=1S/C15H25N3O.2ClH/c1-4-8-16-9-10-17-15(19)14-7-5-6-13(11-14)12-18(2)3;;/h5-7,11,16H,4,8-10,12H2,1-3H3,(H,17,19);2*1H. The minimum absolute atomic E-state index is 0. The van der Waals surface area contributed by atoms with E-state index < -0.39 is 0 Å². The van der Waals surface area contributed by atoms with Gasteiger partial charge in [0.15, 0.2) is 0 Å². The summed E-state index contributed by atoms with van der Waals surface area (Å²) in [6.07, 6.45) is 1.11. The third-order valence-electron chi connectivity index (χ3n) is 2.70. The molecule has 0 aliphatic heterocycles. The zero-order valence-corrected chi connectivity index (χ0v) is 14.6. The molecule has 0 atom stereocenters. The average Bonchev–Trinajstić information content (AvgIpc) is 2.38. The monoisotopic (exact) mass is 335 g/mol. The number of hydrogen-bond acceptors (Lipinski definition) is 3. The second-order valence-electron chi connectivity index (χ2n) is 4.94. The largest absolute Gasteiger partial charge is 0.351 e. The summed E-state index contributed by atoms with van der Waals surface area (Å²) in [5.74, 6) is -0.00101. The third-order valence-corrected chi connectivity index (χ3v) is 2.70. The van der Waals surface area contributed by atoms with Crippen LogP contribution in [0.3, 0.4) is 0 Å². The minimum Gasteiger partial charge on any atom is -0.351 e. The first-order valence-corrected chi connectivity index (χ1v) is 6.86. The molecule has 0 unspecified atom stereocenters. The summed E-state index contributed by atoms with van der Waals surface area (Å²) in [4.78, 5) is 14.1. The Morgan fingerprint density at radius 1 is 1.14 bits per heavy atom. The molecule has 122 valence electrons. The van der Waals surface area contributed by atoms with E-state index in [2.05, 4.69) is 22.5 Å². The average molecular weight is 336 g/mol. The smallest absolute Gasteiger partial charge is 0.251 e. The Hall–Kier alpha value is -0.810. The minimum atomic E-state index is -0.00101. The molecule has 0 aliphatic carbocycles. The topological polar surface area (TPSA) is 44.4 Å². The first kappa shape index (κ1) is 22.5. The summed E-state index contributed by atoms with van der Waals surface area (Å²) in [6.45, 7) is 5.45. The fraction of sp³-hybridized carbons (Fsp3) is 0.533. The van der Waals surface area contributed by atoms with Gasteiger partial charge in [0.05, 0.1) is 0 Å². The van der Waals surface area contributed by atoms with Gasteiger partial charge in [0.25, 0.3) is 5.91 Å². The van der Waals surface area contributed by atoms with Crippen molar-refractivity contribution in [2.75, 3.05) is 33.7 Å². The van der Waals surface area contributed by atoms with Gasteiger partial charge in [-0.25, -0.2) is 0 Å². The Balaban J connectivity index is 0. The summed E-state index contributed by atoms with van der Waals surface area (Å²) in [7, 11) is 4.04. The molecule has 1 aromatic carbocycles. The number of nitrogens with one attached hydrogen (secondary N) is 2. The van der Waals surface area contributed by atoms with Crippen molar-refractivity contribution >= 4 is 30.7 Å². The van der Waals surface area contributed by atoms with Crippen molar-refractivity contribution in [3.05, 3.63) is 35.4 Å². The Labute approximate surface area is 140 Å². The fourth-order valence-corrected chi connectivity index (χ4v) is 1.84. The first-order chi connectivity index (χ1) is 9.13. The van der Waals surface area contributed by atoms with E-state index in [1.807, 2.05) is 38.4 Å². The lowest BCUT2D eigenvalue weighted by Crippen LogP contribution is -2.32. The Morgan fingerprint density at radius 2 is 1.86 bits per heavy atom. The summed E-state index contributed by atoms with van der Waals surface area (Å²) >= 11 is 0. The second kappa shape index (κ2) is 12.9. The van der Waals surface area contributed by atoms with Crippen LogP contribution in [0.25, 0.3) is 0 Å². The molecule has 1 amide bonds. The lowest BCUT2D eigenvalue weighted by Gasteiger charge is -2.11. The van der Waals surface area contributed by atoms with Gasteiger partial charge in [-0.1, -0.05) is 19.1 Å². The van der Waals surface area contributed by atoms with Crippen LogP contribution in [0.2, 0.25) is 0 Å². The lowest BCUT2D eigenvalue weighted by atomic mass is 10.1. The van der Waals surface area contributed by atoms with Crippen LogP contribution in [-0.4, -0.2) is 44.5 Å². The lowest BCUT2D eigenvalue weighted by molar-refractivity contribution is 0.0954. The summed E-state index contributed by atoms with van der Waals surface area (Å²) in [5.41, 5.74) is 1.89. The molecular weight excluding hydrogens is 309 g/mol. The van der Waals surface area contributed by atoms with Crippen LogP contribution in [0.15, 0.2) is 24.3 Å². The van der Waals surface area contributed by atoms with E-state index in [4.69, 9.17) is 0 Å².